The molecule has 6 heteroatoms. The third kappa shape index (κ3) is 5.42. The minimum absolute atomic E-state index is 0.251. The Morgan fingerprint density at radius 2 is 1.69 bits per heavy atom. The summed E-state index contributed by atoms with van der Waals surface area (Å²) < 4.78 is 16.2. The first-order valence-corrected chi connectivity index (χ1v) is 9.44. The third-order valence-corrected chi connectivity index (χ3v) is 4.57. The van der Waals surface area contributed by atoms with E-state index >= 15 is 0 Å². The number of nitrogens with one attached hydrogen (secondary N) is 1. The molecule has 29 heavy (non-hydrogen) atoms. The Balaban J connectivity index is 1.62. The zero-order chi connectivity index (χ0) is 20.6. The average Bonchev–Trinajstić information content (AvgIpc) is 2.76. The molecule has 0 unspecified atom stereocenters. The van der Waals surface area contributed by atoms with Crippen LogP contribution in [0, 0.1) is 0 Å². The number of hydrogen-bond acceptors (Lipinski definition) is 4. The summed E-state index contributed by atoms with van der Waals surface area (Å²) in [4.78, 5) is 12.5. The van der Waals surface area contributed by atoms with Crippen LogP contribution in [-0.2, 0) is 13.2 Å². The predicted octanol–water partition coefficient (Wildman–Crippen LogP) is 4.87. The van der Waals surface area contributed by atoms with Gasteiger partial charge in [0.25, 0.3) is 5.91 Å². The zero-order valence-corrected chi connectivity index (χ0v) is 17.0. The van der Waals surface area contributed by atoms with Crippen molar-refractivity contribution in [3.63, 3.8) is 0 Å². The van der Waals surface area contributed by atoms with Crippen LogP contribution in [-0.4, -0.2) is 20.1 Å². The van der Waals surface area contributed by atoms with Crippen molar-refractivity contribution in [1.82, 2.24) is 5.32 Å². The molecule has 0 atom stereocenters. The first-order chi connectivity index (χ1) is 14.1. The molecule has 5 nitrogen and oxygen atoms in total. The Morgan fingerprint density at radius 1 is 0.931 bits per heavy atom. The zero-order valence-electron chi connectivity index (χ0n) is 16.3. The summed E-state index contributed by atoms with van der Waals surface area (Å²) in [6, 6.07) is 20.7. The number of hydrogen-bond donors (Lipinski definition) is 1. The number of rotatable bonds is 8. The monoisotopic (exact) mass is 411 g/mol. The molecule has 0 fully saturated rings. The second kappa shape index (κ2) is 9.85. The van der Waals surface area contributed by atoms with Crippen molar-refractivity contribution in [2.45, 2.75) is 13.2 Å². The first-order valence-electron chi connectivity index (χ1n) is 9.06. The van der Waals surface area contributed by atoms with Gasteiger partial charge in [0.15, 0.2) is 11.5 Å². The summed E-state index contributed by atoms with van der Waals surface area (Å²) in [5.74, 6) is 1.37. The van der Waals surface area contributed by atoms with Crippen molar-refractivity contribution in [3.05, 3.63) is 88.4 Å². The number of amides is 1. The van der Waals surface area contributed by atoms with E-state index in [1.54, 1.807) is 12.1 Å². The summed E-state index contributed by atoms with van der Waals surface area (Å²) in [6.07, 6.45) is 0. The lowest BCUT2D eigenvalue weighted by Crippen LogP contribution is -2.23. The molecule has 0 radical (unpaired) electrons. The minimum atomic E-state index is -0.251. The van der Waals surface area contributed by atoms with Crippen LogP contribution in [0.3, 0.4) is 0 Å². The highest BCUT2D eigenvalue weighted by Crippen LogP contribution is 2.35. The molecule has 0 bridgehead atoms. The van der Waals surface area contributed by atoms with Crippen LogP contribution in [0.1, 0.15) is 21.5 Å². The Bertz CT molecular complexity index is 976. The normalized spacial score (nSPS) is 10.3. The second-order valence-electron chi connectivity index (χ2n) is 6.30. The summed E-state index contributed by atoms with van der Waals surface area (Å²) >= 11 is 6.18. The quantitative estimate of drug-likeness (QED) is 0.574. The molecule has 0 aromatic heterocycles. The van der Waals surface area contributed by atoms with Gasteiger partial charge in [-0.25, -0.2) is 0 Å². The van der Waals surface area contributed by atoms with Crippen LogP contribution in [0.4, 0.5) is 0 Å². The van der Waals surface area contributed by atoms with Gasteiger partial charge in [0.05, 0.1) is 19.2 Å². The van der Waals surface area contributed by atoms with Gasteiger partial charge in [-0.05, 0) is 35.4 Å². The number of carbonyl (C=O) groups is 1. The van der Waals surface area contributed by atoms with Crippen molar-refractivity contribution in [3.8, 4) is 17.2 Å². The van der Waals surface area contributed by atoms with E-state index in [1.807, 2.05) is 54.6 Å². The van der Waals surface area contributed by atoms with E-state index < -0.39 is 0 Å². The third-order valence-electron chi connectivity index (χ3n) is 4.29. The number of halogens is 1. The van der Waals surface area contributed by atoms with Gasteiger partial charge in [0.2, 0.25) is 0 Å². The fourth-order valence-corrected chi connectivity index (χ4v) is 3.13. The van der Waals surface area contributed by atoms with Crippen molar-refractivity contribution >= 4 is 17.5 Å². The fourth-order valence-electron chi connectivity index (χ4n) is 2.85. The van der Waals surface area contributed by atoms with Crippen LogP contribution >= 0.6 is 11.6 Å². The summed E-state index contributed by atoms with van der Waals surface area (Å²) in [5, 5.41) is 3.21. The van der Waals surface area contributed by atoms with Crippen LogP contribution in [0.2, 0.25) is 5.02 Å². The minimum Gasteiger partial charge on any atom is -0.493 e. The Kier molecular flexibility index (Phi) is 6.98. The molecule has 0 spiro atoms. The summed E-state index contributed by atoms with van der Waals surface area (Å²) in [7, 11) is 3.00. The molecule has 0 heterocycles. The van der Waals surface area contributed by atoms with Gasteiger partial charge < -0.3 is 19.5 Å². The maximum absolute atomic E-state index is 12.5. The molecule has 0 aliphatic carbocycles. The SMILES string of the molecule is COc1cc(C(=O)NCc2cccc(COc3ccccc3)c2)cc(Cl)c1OC. The molecule has 0 aliphatic heterocycles. The van der Waals surface area contributed by atoms with Gasteiger partial charge in [-0.1, -0.05) is 54.1 Å². The van der Waals surface area contributed by atoms with Crippen LogP contribution in [0.15, 0.2) is 66.7 Å². The lowest BCUT2D eigenvalue weighted by atomic mass is 10.1. The van der Waals surface area contributed by atoms with Crippen LogP contribution in [0.5, 0.6) is 17.2 Å². The van der Waals surface area contributed by atoms with Crippen LogP contribution < -0.4 is 19.5 Å². The van der Waals surface area contributed by atoms with Gasteiger partial charge in [0, 0.05) is 12.1 Å². The number of carbonyl (C=O) groups excluding carboxylic acids is 1. The van der Waals surface area contributed by atoms with Gasteiger partial charge in [-0.2, -0.15) is 0 Å². The first kappa shape index (κ1) is 20.6. The molecule has 3 aromatic rings. The molecule has 1 N–H and O–H groups in total. The van der Waals surface area contributed by atoms with Gasteiger partial charge in [0.1, 0.15) is 12.4 Å². The standard InChI is InChI=1S/C23H22ClNO4/c1-27-21-13-18(12-20(24)22(21)28-2)23(26)25-14-16-7-6-8-17(11-16)15-29-19-9-4-3-5-10-19/h3-13H,14-15H2,1-2H3,(H,25,26). The highest BCUT2D eigenvalue weighted by atomic mass is 35.5. The largest absolute Gasteiger partial charge is 0.493 e. The molecular weight excluding hydrogens is 390 g/mol. The molecule has 1 amide bonds. The van der Waals surface area contributed by atoms with E-state index in [0.29, 0.717) is 35.2 Å². The van der Waals surface area contributed by atoms with E-state index in [0.717, 1.165) is 16.9 Å². The number of para-hydroxylation sites is 1. The van der Waals surface area contributed by atoms with E-state index in [1.165, 1.54) is 14.2 Å². The smallest absolute Gasteiger partial charge is 0.251 e. The van der Waals surface area contributed by atoms with Gasteiger partial charge >= 0.3 is 0 Å². The number of ether oxygens (including phenoxy) is 3. The molecular formula is C23H22ClNO4. The van der Waals surface area contributed by atoms with Crippen molar-refractivity contribution < 1.29 is 19.0 Å². The molecule has 0 saturated heterocycles. The fraction of sp³-hybridized carbons (Fsp3) is 0.174. The average molecular weight is 412 g/mol. The lowest BCUT2D eigenvalue weighted by molar-refractivity contribution is 0.0950. The lowest BCUT2D eigenvalue weighted by Gasteiger charge is -2.12. The van der Waals surface area contributed by atoms with Gasteiger partial charge in [-0.15, -0.1) is 0 Å². The van der Waals surface area contributed by atoms with E-state index in [4.69, 9.17) is 25.8 Å². The van der Waals surface area contributed by atoms with E-state index in [2.05, 4.69) is 5.32 Å². The molecule has 0 aliphatic rings. The highest BCUT2D eigenvalue weighted by molar-refractivity contribution is 6.32. The maximum Gasteiger partial charge on any atom is 0.251 e. The van der Waals surface area contributed by atoms with E-state index in [9.17, 15) is 4.79 Å². The topological polar surface area (TPSA) is 56.8 Å². The highest BCUT2D eigenvalue weighted by Gasteiger charge is 2.15. The second-order valence-corrected chi connectivity index (χ2v) is 6.71. The Hall–Kier alpha value is -3.18. The Labute approximate surface area is 175 Å². The van der Waals surface area contributed by atoms with E-state index in [-0.39, 0.29) is 5.91 Å². The number of methoxy groups -OCH3 is 2. The molecule has 3 aromatic carbocycles. The Morgan fingerprint density at radius 3 is 2.41 bits per heavy atom. The maximum atomic E-state index is 12.5. The van der Waals surface area contributed by atoms with Crippen LogP contribution in [0.25, 0.3) is 0 Å². The number of benzene rings is 3. The molecule has 150 valence electrons. The molecule has 0 saturated carbocycles. The van der Waals surface area contributed by atoms with Crippen molar-refractivity contribution in [2.75, 3.05) is 14.2 Å². The van der Waals surface area contributed by atoms with Crippen molar-refractivity contribution in [2.24, 2.45) is 0 Å². The summed E-state index contributed by atoms with van der Waals surface area (Å²) in [6.45, 7) is 0.834. The van der Waals surface area contributed by atoms with Gasteiger partial charge in [-0.3, -0.25) is 4.79 Å². The summed E-state index contributed by atoms with van der Waals surface area (Å²) in [5.41, 5.74) is 2.39. The molecule has 3 rings (SSSR count). The predicted molar refractivity (Wildman–Crippen MR) is 113 cm³/mol. The van der Waals surface area contributed by atoms with Crippen molar-refractivity contribution in [1.29, 1.82) is 0 Å².